The Kier molecular flexibility index (Phi) is 8.61. The van der Waals surface area contributed by atoms with Gasteiger partial charge in [-0.05, 0) is 117 Å². The number of thiophene rings is 1. The van der Waals surface area contributed by atoms with Crippen molar-refractivity contribution in [3.63, 3.8) is 0 Å². The molecule has 0 fully saturated rings. The molecule has 0 spiro atoms. The average Bonchev–Trinajstić information content (AvgIpc) is 3.87. The molecule has 0 bridgehead atoms. The average molecular weight is 798 g/mol. The molecule has 0 saturated heterocycles. The smallest absolute Gasteiger partial charge is 0.0554 e. The maximum atomic E-state index is 2.56. The van der Waals surface area contributed by atoms with E-state index < -0.39 is 0 Å². The van der Waals surface area contributed by atoms with E-state index in [0.29, 0.717) is 17.8 Å². The van der Waals surface area contributed by atoms with Gasteiger partial charge < -0.3 is 4.90 Å². The first kappa shape index (κ1) is 35.9. The van der Waals surface area contributed by atoms with Crippen molar-refractivity contribution in [1.82, 2.24) is 0 Å². The lowest BCUT2D eigenvalue weighted by Crippen LogP contribution is -2.40. The summed E-state index contributed by atoms with van der Waals surface area (Å²) < 4.78 is 2.61. The molecule has 12 rings (SSSR count). The zero-order chi connectivity index (χ0) is 40.3. The van der Waals surface area contributed by atoms with E-state index in [-0.39, 0.29) is 5.41 Å². The zero-order valence-electron chi connectivity index (χ0n) is 33.7. The summed E-state index contributed by atoms with van der Waals surface area (Å²) in [4.78, 5) is 2.52. The van der Waals surface area contributed by atoms with Crippen molar-refractivity contribution in [2.75, 3.05) is 4.90 Å². The van der Waals surface area contributed by atoms with Crippen molar-refractivity contribution in [2.24, 2.45) is 11.8 Å². The molecule has 9 aromatic rings. The van der Waals surface area contributed by atoms with Crippen LogP contribution >= 0.6 is 11.3 Å². The number of hydrogen-bond acceptors (Lipinski definition) is 2. The predicted octanol–water partition coefficient (Wildman–Crippen LogP) is 16.3. The topological polar surface area (TPSA) is 3.24 Å². The van der Waals surface area contributed by atoms with Crippen LogP contribution in [0.25, 0.3) is 53.2 Å². The lowest BCUT2D eigenvalue weighted by atomic mass is 9.58. The molecule has 2 heteroatoms. The van der Waals surface area contributed by atoms with Gasteiger partial charge in [0, 0.05) is 48.8 Å². The number of fused-ring (bicyclic) bond motifs is 7. The fourth-order valence-electron chi connectivity index (χ4n) is 10.9. The zero-order valence-corrected chi connectivity index (χ0v) is 34.6. The van der Waals surface area contributed by atoms with E-state index >= 15 is 0 Å². The van der Waals surface area contributed by atoms with Crippen molar-refractivity contribution >= 4 is 59.3 Å². The molecule has 0 radical (unpaired) electrons. The Morgan fingerprint density at radius 3 is 2.07 bits per heavy atom. The Balaban J connectivity index is 1.04. The molecule has 3 aliphatic rings. The Labute approximate surface area is 361 Å². The molecule has 0 N–H and O–H groups in total. The monoisotopic (exact) mass is 797 g/mol. The van der Waals surface area contributed by atoms with Crippen LogP contribution in [0.15, 0.2) is 231 Å². The molecule has 4 atom stereocenters. The largest absolute Gasteiger partial charge is 0.310 e. The molecular formula is C59H43NS. The van der Waals surface area contributed by atoms with Crippen molar-refractivity contribution in [3.05, 3.63) is 247 Å². The second-order valence-electron chi connectivity index (χ2n) is 16.8. The molecule has 8 aromatic carbocycles. The summed E-state index contributed by atoms with van der Waals surface area (Å²) in [6.45, 7) is 0. The normalized spacial score (nSPS) is 20.0. The van der Waals surface area contributed by atoms with Crippen LogP contribution in [0.1, 0.15) is 29.0 Å². The maximum absolute atomic E-state index is 2.56. The third-order valence-corrected chi connectivity index (χ3v) is 14.7. The van der Waals surface area contributed by atoms with Crippen LogP contribution in [-0.2, 0) is 5.41 Å². The SMILES string of the molecule is C1=CCC(C2(c3ccccc3)c3cc(N(c4ccc(-c5cccc(-c6ccc7ccccc7c6)c5)cc4)c4cccc5sc6ccccc6c45)ccc3C3C=CC=CC32)C=C1. The van der Waals surface area contributed by atoms with Crippen LogP contribution in [-0.4, -0.2) is 0 Å². The lowest BCUT2D eigenvalue weighted by molar-refractivity contribution is 0.301. The quantitative estimate of drug-likeness (QED) is 0.155. The van der Waals surface area contributed by atoms with E-state index in [4.69, 9.17) is 0 Å². The molecule has 0 saturated carbocycles. The summed E-state index contributed by atoms with van der Waals surface area (Å²) in [6.07, 6.45) is 19.8. The van der Waals surface area contributed by atoms with Crippen LogP contribution in [0.3, 0.4) is 0 Å². The molecule has 0 aliphatic heterocycles. The summed E-state index contributed by atoms with van der Waals surface area (Å²) >= 11 is 1.88. The molecule has 3 aliphatic carbocycles. The number of hydrogen-bond donors (Lipinski definition) is 0. The van der Waals surface area contributed by atoms with Gasteiger partial charge in [0.25, 0.3) is 0 Å². The molecule has 1 aromatic heterocycles. The molecule has 0 amide bonds. The van der Waals surface area contributed by atoms with Crippen molar-refractivity contribution < 1.29 is 0 Å². The number of allylic oxidation sites excluding steroid dienone is 8. The summed E-state index contributed by atoms with van der Waals surface area (Å²) in [7, 11) is 0. The van der Waals surface area contributed by atoms with Crippen LogP contribution in [0.4, 0.5) is 17.1 Å². The molecule has 290 valence electrons. The van der Waals surface area contributed by atoms with Crippen molar-refractivity contribution in [2.45, 2.75) is 17.8 Å². The van der Waals surface area contributed by atoms with Gasteiger partial charge in [0.2, 0.25) is 0 Å². The molecule has 4 unspecified atom stereocenters. The van der Waals surface area contributed by atoms with Gasteiger partial charge >= 0.3 is 0 Å². The van der Waals surface area contributed by atoms with E-state index in [2.05, 4.69) is 235 Å². The van der Waals surface area contributed by atoms with Gasteiger partial charge in [-0.25, -0.2) is 0 Å². The van der Waals surface area contributed by atoms with Crippen molar-refractivity contribution in [1.29, 1.82) is 0 Å². The number of rotatable bonds is 7. The highest BCUT2D eigenvalue weighted by Crippen LogP contribution is 2.62. The third kappa shape index (κ3) is 5.81. The van der Waals surface area contributed by atoms with E-state index in [1.165, 1.54) is 81.3 Å². The van der Waals surface area contributed by atoms with Gasteiger partial charge in [-0.15, -0.1) is 11.3 Å². The maximum Gasteiger partial charge on any atom is 0.0554 e. The van der Waals surface area contributed by atoms with Gasteiger partial charge in [-0.1, -0.05) is 176 Å². The first-order valence-electron chi connectivity index (χ1n) is 21.5. The van der Waals surface area contributed by atoms with E-state index in [9.17, 15) is 0 Å². The second-order valence-corrected chi connectivity index (χ2v) is 17.8. The van der Waals surface area contributed by atoms with Gasteiger partial charge in [-0.2, -0.15) is 0 Å². The van der Waals surface area contributed by atoms with E-state index in [0.717, 1.165) is 12.1 Å². The highest BCUT2D eigenvalue weighted by molar-refractivity contribution is 7.26. The van der Waals surface area contributed by atoms with E-state index in [1.54, 1.807) is 0 Å². The summed E-state index contributed by atoms with van der Waals surface area (Å²) in [5.41, 5.74) is 12.4. The Morgan fingerprint density at radius 1 is 0.492 bits per heavy atom. The highest BCUT2D eigenvalue weighted by atomic mass is 32.1. The molecular weight excluding hydrogens is 755 g/mol. The molecule has 1 nitrogen and oxygen atoms in total. The summed E-state index contributed by atoms with van der Waals surface area (Å²) in [5, 5.41) is 5.11. The van der Waals surface area contributed by atoms with Gasteiger partial charge in [0.15, 0.2) is 0 Å². The fraction of sp³-hybridized carbons (Fsp3) is 0.0847. The minimum Gasteiger partial charge on any atom is -0.310 e. The van der Waals surface area contributed by atoms with Crippen LogP contribution in [0, 0.1) is 11.8 Å². The first-order chi connectivity index (χ1) is 30.2. The number of benzene rings is 8. The summed E-state index contributed by atoms with van der Waals surface area (Å²) in [6, 6.07) is 68.1. The van der Waals surface area contributed by atoms with Gasteiger partial charge in [0.1, 0.15) is 0 Å². The summed E-state index contributed by atoms with van der Waals surface area (Å²) in [5.74, 6) is 0.909. The number of anilines is 3. The van der Waals surface area contributed by atoms with Crippen molar-refractivity contribution in [3.8, 4) is 22.3 Å². The number of nitrogens with zero attached hydrogens (tertiary/aromatic N) is 1. The standard InChI is InChI=1S/C59H43NS/c1-3-19-46(20-4-1)59(47-21-5-2-6-22-47)53-25-11-9-23-50(53)51-36-35-49(39-54(51)59)60(55-26-14-28-57-58(55)52-24-10-12-27-56(52)61-57)48-33-31-41(32-34-48)43-17-13-18-44(37-43)45-30-29-40-15-7-8-16-42(40)38-45/h1-21,23-39,47,50,53H,22H2. The van der Waals surface area contributed by atoms with E-state index in [1.807, 2.05) is 11.3 Å². The highest BCUT2D eigenvalue weighted by Gasteiger charge is 2.55. The first-order valence-corrected chi connectivity index (χ1v) is 22.3. The minimum absolute atomic E-state index is 0.244. The Morgan fingerprint density at radius 2 is 1.20 bits per heavy atom. The minimum atomic E-state index is -0.244. The lowest BCUT2D eigenvalue weighted by Gasteiger charge is -2.44. The van der Waals surface area contributed by atoms with Gasteiger partial charge in [-0.3, -0.25) is 0 Å². The van der Waals surface area contributed by atoms with Crippen LogP contribution in [0.5, 0.6) is 0 Å². The fourth-order valence-corrected chi connectivity index (χ4v) is 12.0. The second kappa shape index (κ2) is 14.6. The third-order valence-electron chi connectivity index (χ3n) is 13.6. The Hall–Kier alpha value is -7.00. The predicted molar refractivity (Wildman–Crippen MR) is 261 cm³/mol. The van der Waals surface area contributed by atoms with Crippen LogP contribution < -0.4 is 4.90 Å². The molecule has 61 heavy (non-hydrogen) atoms. The Bertz CT molecular complexity index is 3250. The van der Waals surface area contributed by atoms with Crippen LogP contribution in [0.2, 0.25) is 0 Å². The molecule has 1 heterocycles. The van der Waals surface area contributed by atoms with Gasteiger partial charge in [0.05, 0.1) is 5.69 Å².